The molecule has 5 fully saturated rings. The Hall–Kier alpha value is -1.99. The van der Waals surface area contributed by atoms with Crippen LogP contribution in [0.25, 0.3) is 0 Å². The number of aliphatic carboxylic acids is 1. The van der Waals surface area contributed by atoms with Gasteiger partial charge in [-0.15, -0.1) is 0 Å². The van der Waals surface area contributed by atoms with E-state index in [0.29, 0.717) is 6.61 Å². The average molecular weight is 446 g/mol. The van der Waals surface area contributed by atoms with Gasteiger partial charge in [0.2, 0.25) is 0 Å². The first-order valence-corrected chi connectivity index (χ1v) is 11.9. The highest BCUT2D eigenvalue weighted by Crippen LogP contribution is 2.60. The number of carboxylic acid groups (broad SMARTS) is 1. The SMILES string of the molecule is N[C@H](C(=O)O)[C@H](O)CC(=O)c1cc(C2CC2)cc(OCC23CC4CC(CC(C4)C2)C3)c1F. The Morgan fingerprint density at radius 3 is 2.25 bits per heavy atom. The summed E-state index contributed by atoms with van der Waals surface area (Å²) in [7, 11) is 0. The lowest BCUT2D eigenvalue weighted by molar-refractivity contribution is -0.141. The lowest BCUT2D eigenvalue weighted by Crippen LogP contribution is -2.48. The number of aliphatic hydroxyl groups excluding tert-OH is 1. The summed E-state index contributed by atoms with van der Waals surface area (Å²) in [4.78, 5) is 23.8. The number of carboxylic acids is 1. The van der Waals surface area contributed by atoms with Crippen LogP contribution in [0.1, 0.15) is 79.6 Å². The Morgan fingerprint density at radius 1 is 1.12 bits per heavy atom. The van der Waals surface area contributed by atoms with Crippen LogP contribution in [0, 0.1) is 29.0 Å². The van der Waals surface area contributed by atoms with Crippen molar-refractivity contribution in [3.63, 3.8) is 0 Å². The quantitative estimate of drug-likeness (QED) is 0.501. The van der Waals surface area contributed by atoms with Crippen LogP contribution in [0.2, 0.25) is 0 Å². The van der Waals surface area contributed by atoms with Gasteiger partial charge in [-0.3, -0.25) is 9.59 Å². The monoisotopic (exact) mass is 445 g/mol. The fourth-order valence-electron chi connectivity index (χ4n) is 6.87. The first kappa shape index (κ1) is 21.8. The second-order valence-electron chi connectivity index (χ2n) is 10.9. The summed E-state index contributed by atoms with van der Waals surface area (Å²) < 4.78 is 21.5. The lowest BCUT2D eigenvalue weighted by atomic mass is 9.50. The van der Waals surface area contributed by atoms with Gasteiger partial charge in [0, 0.05) is 11.8 Å². The Morgan fingerprint density at radius 2 is 1.72 bits per heavy atom. The number of halogens is 1. The van der Waals surface area contributed by atoms with Crippen molar-refractivity contribution < 1.29 is 28.9 Å². The number of Topliss-reactive ketones (excluding diaryl/α,β-unsaturated/α-hetero) is 1. The van der Waals surface area contributed by atoms with Gasteiger partial charge >= 0.3 is 5.97 Å². The molecular weight excluding hydrogens is 413 g/mol. The van der Waals surface area contributed by atoms with Crippen LogP contribution in [0.5, 0.6) is 5.75 Å². The van der Waals surface area contributed by atoms with Crippen molar-refractivity contribution in [2.24, 2.45) is 28.9 Å². The highest BCUT2D eigenvalue weighted by molar-refractivity contribution is 5.97. The molecule has 5 aliphatic carbocycles. The van der Waals surface area contributed by atoms with Gasteiger partial charge in [-0.05, 0) is 92.7 Å². The lowest BCUT2D eigenvalue weighted by Gasteiger charge is -2.56. The van der Waals surface area contributed by atoms with Crippen LogP contribution < -0.4 is 10.5 Å². The molecule has 5 saturated carbocycles. The van der Waals surface area contributed by atoms with Crippen molar-refractivity contribution in [2.75, 3.05) is 6.61 Å². The van der Waals surface area contributed by atoms with E-state index in [-0.39, 0.29) is 22.6 Å². The number of hydrogen-bond acceptors (Lipinski definition) is 5. The predicted molar refractivity (Wildman–Crippen MR) is 115 cm³/mol. The molecule has 0 saturated heterocycles. The van der Waals surface area contributed by atoms with Crippen molar-refractivity contribution in [3.8, 4) is 5.75 Å². The van der Waals surface area contributed by atoms with Gasteiger partial charge in [-0.1, -0.05) is 0 Å². The average Bonchev–Trinajstić information content (AvgIpc) is 3.56. The summed E-state index contributed by atoms with van der Waals surface area (Å²) in [6, 6.07) is 1.66. The third-order valence-corrected chi connectivity index (χ3v) is 8.20. The van der Waals surface area contributed by atoms with Crippen LogP contribution in [0.15, 0.2) is 12.1 Å². The largest absolute Gasteiger partial charge is 0.490 e. The van der Waals surface area contributed by atoms with Crippen molar-refractivity contribution >= 4 is 11.8 Å². The molecule has 0 spiro atoms. The van der Waals surface area contributed by atoms with Crippen molar-refractivity contribution in [1.29, 1.82) is 0 Å². The van der Waals surface area contributed by atoms with Crippen LogP contribution in [-0.2, 0) is 4.79 Å². The molecule has 2 atom stereocenters. The number of ketones is 1. The standard InChI is InChI=1S/C25H32FNO5/c26-22-18(19(28)8-20(29)23(27)24(30)31)6-17(16-1-2-16)7-21(22)32-12-25-9-13-3-14(10-25)5-15(4-13)11-25/h6-7,13-16,20,23,29H,1-5,8-12,27H2,(H,30,31)/t13?,14?,15?,20-,23+,25?/m1/s1. The summed E-state index contributed by atoms with van der Waals surface area (Å²) in [5.41, 5.74) is 6.25. The number of ether oxygens (including phenoxy) is 1. The summed E-state index contributed by atoms with van der Waals surface area (Å²) in [5.74, 6) is -0.0920. The minimum atomic E-state index is -1.60. The van der Waals surface area contributed by atoms with E-state index >= 15 is 4.39 Å². The molecule has 0 heterocycles. The van der Waals surface area contributed by atoms with E-state index in [0.717, 1.165) is 55.4 Å². The molecular formula is C25H32FNO5. The molecule has 0 aliphatic heterocycles. The second kappa shape index (κ2) is 8.10. The van der Waals surface area contributed by atoms with Gasteiger partial charge < -0.3 is 20.7 Å². The summed E-state index contributed by atoms with van der Waals surface area (Å²) >= 11 is 0. The van der Waals surface area contributed by atoms with Crippen molar-refractivity contribution in [1.82, 2.24) is 0 Å². The maximum atomic E-state index is 15.4. The zero-order valence-electron chi connectivity index (χ0n) is 18.3. The summed E-state index contributed by atoms with van der Waals surface area (Å²) in [6.45, 7) is 0.474. The van der Waals surface area contributed by atoms with E-state index in [4.69, 9.17) is 15.6 Å². The van der Waals surface area contributed by atoms with Crippen molar-refractivity contribution in [3.05, 3.63) is 29.1 Å². The minimum Gasteiger partial charge on any atom is -0.490 e. The molecule has 5 aliphatic rings. The minimum absolute atomic E-state index is 0.102. The summed E-state index contributed by atoms with van der Waals surface area (Å²) in [6.07, 6.45) is 7.25. The Bertz CT molecular complexity index is 892. The van der Waals surface area contributed by atoms with E-state index in [1.54, 1.807) is 6.07 Å². The Kier molecular flexibility index (Phi) is 5.53. The third-order valence-electron chi connectivity index (χ3n) is 8.20. The van der Waals surface area contributed by atoms with E-state index in [2.05, 4.69) is 0 Å². The molecule has 4 N–H and O–H groups in total. The number of benzene rings is 1. The van der Waals surface area contributed by atoms with Crippen LogP contribution >= 0.6 is 0 Å². The molecule has 1 aromatic carbocycles. The highest BCUT2D eigenvalue weighted by Gasteiger charge is 2.51. The second-order valence-corrected chi connectivity index (χ2v) is 10.9. The molecule has 6 rings (SSSR count). The van der Waals surface area contributed by atoms with E-state index < -0.39 is 36.1 Å². The smallest absolute Gasteiger partial charge is 0.323 e. The summed E-state index contributed by atoms with van der Waals surface area (Å²) in [5, 5.41) is 18.9. The van der Waals surface area contributed by atoms with Crippen LogP contribution in [0.3, 0.4) is 0 Å². The molecule has 4 bridgehead atoms. The molecule has 32 heavy (non-hydrogen) atoms. The highest BCUT2D eigenvalue weighted by atomic mass is 19.1. The number of rotatable bonds is 9. The molecule has 7 heteroatoms. The van der Waals surface area contributed by atoms with E-state index in [1.165, 1.54) is 25.3 Å². The molecule has 6 nitrogen and oxygen atoms in total. The maximum absolute atomic E-state index is 15.4. The fourth-order valence-corrected chi connectivity index (χ4v) is 6.87. The van der Waals surface area contributed by atoms with Gasteiger partial charge in [-0.25, -0.2) is 4.39 Å². The molecule has 1 aromatic rings. The number of carbonyl (C=O) groups excluding carboxylic acids is 1. The Labute approximate surface area is 187 Å². The molecule has 0 amide bonds. The fraction of sp³-hybridized carbons (Fsp3) is 0.680. The van der Waals surface area contributed by atoms with Gasteiger partial charge in [0.1, 0.15) is 6.04 Å². The topological polar surface area (TPSA) is 110 Å². The molecule has 174 valence electrons. The predicted octanol–water partition coefficient (Wildman–Crippen LogP) is 3.64. The van der Waals surface area contributed by atoms with E-state index in [9.17, 15) is 14.7 Å². The number of nitrogens with two attached hydrogens (primary N) is 1. The zero-order chi connectivity index (χ0) is 22.6. The van der Waals surface area contributed by atoms with Crippen LogP contribution in [0.4, 0.5) is 4.39 Å². The molecule has 0 radical (unpaired) electrons. The van der Waals surface area contributed by atoms with Gasteiger partial charge in [0.05, 0.1) is 18.3 Å². The first-order valence-electron chi connectivity index (χ1n) is 11.9. The van der Waals surface area contributed by atoms with E-state index in [1.807, 2.05) is 0 Å². The van der Waals surface area contributed by atoms with Crippen molar-refractivity contribution in [2.45, 2.75) is 75.9 Å². The van der Waals surface area contributed by atoms with Crippen LogP contribution in [-0.4, -0.2) is 40.7 Å². The third kappa shape index (κ3) is 4.17. The normalized spacial score (nSPS) is 32.5. The van der Waals surface area contributed by atoms with Gasteiger partial charge in [0.25, 0.3) is 0 Å². The van der Waals surface area contributed by atoms with Gasteiger partial charge in [-0.2, -0.15) is 0 Å². The molecule has 0 unspecified atom stereocenters. The number of aliphatic hydroxyl groups is 1. The first-order chi connectivity index (χ1) is 15.2. The maximum Gasteiger partial charge on any atom is 0.323 e. The zero-order valence-corrected chi connectivity index (χ0v) is 18.3. The number of carbonyl (C=O) groups is 2. The molecule has 0 aromatic heterocycles. The Balaban J connectivity index is 1.35. The number of hydrogen-bond donors (Lipinski definition) is 3. The van der Waals surface area contributed by atoms with Gasteiger partial charge in [0.15, 0.2) is 17.3 Å².